The van der Waals surface area contributed by atoms with Gasteiger partial charge in [-0.25, -0.2) is 13.1 Å². The summed E-state index contributed by atoms with van der Waals surface area (Å²) in [6.45, 7) is 7.81. The van der Waals surface area contributed by atoms with E-state index in [-0.39, 0.29) is 22.9 Å². The molecule has 0 spiro atoms. The summed E-state index contributed by atoms with van der Waals surface area (Å²) in [6, 6.07) is 5.21. The smallest absolute Gasteiger partial charge is 0.244 e. The summed E-state index contributed by atoms with van der Waals surface area (Å²) in [6.07, 6.45) is 4.58. The highest BCUT2D eigenvalue weighted by Gasteiger charge is 2.26. The Hall–Kier alpha value is -1.73. The van der Waals surface area contributed by atoms with Crippen LogP contribution in [0.3, 0.4) is 0 Å². The van der Waals surface area contributed by atoms with Gasteiger partial charge in [0, 0.05) is 18.4 Å². The Bertz CT molecular complexity index is 708. The number of nitrogens with one attached hydrogen (secondary N) is 1. The van der Waals surface area contributed by atoms with Gasteiger partial charge in [-0.05, 0) is 31.9 Å². The molecule has 6 nitrogen and oxygen atoms in total. The minimum absolute atomic E-state index is 0.0739. The van der Waals surface area contributed by atoms with Crippen LogP contribution in [-0.2, 0) is 10.0 Å². The maximum atomic E-state index is 12.6. The lowest BCUT2D eigenvalue weighted by Gasteiger charge is -2.21. The third-order valence-electron chi connectivity index (χ3n) is 3.37. The van der Waals surface area contributed by atoms with E-state index >= 15 is 0 Å². The highest BCUT2D eigenvalue weighted by molar-refractivity contribution is 7.89. The van der Waals surface area contributed by atoms with E-state index in [4.69, 9.17) is 0 Å². The molecule has 0 aromatic carbocycles. The van der Waals surface area contributed by atoms with E-state index in [2.05, 4.69) is 14.8 Å². The quantitative estimate of drug-likeness (QED) is 0.886. The van der Waals surface area contributed by atoms with Crippen molar-refractivity contribution >= 4 is 10.0 Å². The van der Waals surface area contributed by atoms with Crippen LogP contribution in [0.2, 0.25) is 0 Å². The fraction of sp³-hybridized carbons (Fsp3) is 0.467. The van der Waals surface area contributed by atoms with Gasteiger partial charge in [-0.2, -0.15) is 5.10 Å². The number of sulfonamides is 1. The van der Waals surface area contributed by atoms with Gasteiger partial charge in [0.05, 0.1) is 17.9 Å². The van der Waals surface area contributed by atoms with Gasteiger partial charge >= 0.3 is 0 Å². The molecule has 0 saturated heterocycles. The molecule has 2 aromatic heterocycles. The monoisotopic (exact) mass is 322 g/mol. The predicted octanol–water partition coefficient (Wildman–Crippen LogP) is 2.53. The summed E-state index contributed by atoms with van der Waals surface area (Å²) in [5, 5.41) is 4.09. The van der Waals surface area contributed by atoms with Crippen LogP contribution in [0.25, 0.3) is 0 Å². The zero-order valence-electron chi connectivity index (χ0n) is 13.3. The van der Waals surface area contributed by atoms with E-state index < -0.39 is 10.0 Å². The first kappa shape index (κ1) is 16.6. The van der Waals surface area contributed by atoms with Crippen LogP contribution in [-0.4, -0.2) is 23.2 Å². The Morgan fingerprint density at radius 1 is 1.18 bits per heavy atom. The van der Waals surface area contributed by atoms with Crippen molar-refractivity contribution in [3.8, 4) is 0 Å². The van der Waals surface area contributed by atoms with E-state index in [1.165, 1.54) is 6.20 Å². The normalized spacial score (nSPS) is 13.7. The Labute approximate surface area is 131 Å². The van der Waals surface area contributed by atoms with Crippen molar-refractivity contribution in [1.29, 1.82) is 0 Å². The van der Waals surface area contributed by atoms with Crippen molar-refractivity contribution in [2.75, 3.05) is 0 Å². The summed E-state index contributed by atoms with van der Waals surface area (Å²) in [7, 11) is -3.64. The summed E-state index contributed by atoms with van der Waals surface area (Å²) < 4.78 is 29.5. The number of rotatable bonds is 6. The second-order valence-corrected chi connectivity index (χ2v) is 7.56. The molecule has 1 atom stereocenters. The molecular weight excluding hydrogens is 300 g/mol. The zero-order valence-corrected chi connectivity index (χ0v) is 14.1. The Morgan fingerprint density at radius 3 is 2.41 bits per heavy atom. The summed E-state index contributed by atoms with van der Waals surface area (Å²) in [5.41, 5.74) is 0.706. The van der Waals surface area contributed by atoms with Crippen LogP contribution in [0, 0.1) is 5.92 Å². The first-order valence-electron chi connectivity index (χ1n) is 7.28. The molecule has 0 aliphatic rings. The van der Waals surface area contributed by atoms with Gasteiger partial charge in [0.1, 0.15) is 4.90 Å². The Balaban J connectivity index is 2.28. The lowest BCUT2D eigenvalue weighted by Crippen LogP contribution is -2.32. The molecule has 120 valence electrons. The second-order valence-electron chi connectivity index (χ2n) is 5.85. The molecule has 2 aromatic rings. The maximum absolute atomic E-state index is 12.6. The van der Waals surface area contributed by atoms with Gasteiger partial charge in [0.25, 0.3) is 0 Å². The molecule has 0 aliphatic carbocycles. The Morgan fingerprint density at radius 2 is 1.91 bits per heavy atom. The first-order chi connectivity index (χ1) is 10.3. The largest absolute Gasteiger partial charge is 0.269 e. The number of aromatic nitrogens is 3. The fourth-order valence-electron chi connectivity index (χ4n) is 2.07. The average molecular weight is 322 g/mol. The Kier molecular flexibility index (Phi) is 4.97. The van der Waals surface area contributed by atoms with Gasteiger partial charge in [0.15, 0.2) is 0 Å². The molecule has 1 N–H and O–H groups in total. The summed E-state index contributed by atoms with van der Waals surface area (Å²) in [4.78, 5) is 4.43. The van der Waals surface area contributed by atoms with Crippen LogP contribution in [0.1, 0.15) is 45.5 Å². The van der Waals surface area contributed by atoms with Crippen molar-refractivity contribution in [3.63, 3.8) is 0 Å². The number of hydrogen-bond acceptors (Lipinski definition) is 4. The molecule has 1 unspecified atom stereocenters. The molecule has 0 amide bonds. The molecule has 0 aliphatic heterocycles. The first-order valence-corrected chi connectivity index (χ1v) is 8.77. The van der Waals surface area contributed by atoms with E-state index in [1.807, 2.05) is 45.9 Å². The third kappa shape index (κ3) is 3.72. The molecule has 0 fully saturated rings. The van der Waals surface area contributed by atoms with Crippen molar-refractivity contribution in [2.24, 2.45) is 5.92 Å². The van der Waals surface area contributed by atoms with E-state index in [0.29, 0.717) is 5.69 Å². The lowest BCUT2D eigenvalue weighted by atomic mass is 10.0. The van der Waals surface area contributed by atoms with E-state index in [0.717, 1.165) is 0 Å². The zero-order chi connectivity index (χ0) is 16.3. The lowest BCUT2D eigenvalue weighted by molar-refractivity contribution is 0.454. The molecule has 0 bridgehead atoms. The van der Waals surface area contributed by atoms with E-state index in [1.54, 1.807) is 17.1 Å². The molecule has 2 rings (SSSR count). The third-order valence-corrected chi connectivity index (χ3v) is 4.77. The van der Waals surface area contributed by atoms with Crippen LogP contribution < -0.4 is 4.72 Å². The van der Waals surface area contributed by atoms with Crippen LogP contribution >= 0.6 is 0 Å². The maximum Gasteiger partial charge on any atom is 0.244 e. The van der Waals surface area contributed by atoms with Crippen molar-refractivity contribution < 1.29 is 8.42 Å². The van der Waals surface area contributed by atoms with Gasteiger partial charge in [0.2, 0.25) is 10.0 Å². The van der Waals surface area contributed by atoms with Gasteiger partial charge in [-0.15, -0.1) is 0 Å². The topological polar surface area (TPSA) is 76.9 Å². The number of hydrogen-bond donors (Lipinski definition) is 1. The molecule has 7 heteroatoms. The fourth-order valence-corrected chi connectivity index (χ4v) is 3.37. The van der Waals surface area contributed by atoms with Gasteiger partial charge in [-0.1, -0.05) is 19.9 Å². The summed E-state index contributed by atoms with van der Waals surface area (Å²) in [5.74, 6) is 0.0739. The number of nitrogens with zero attached hydrogens (tertiary/aromatic N) is 3. The van der Waals surface area contributed by atoms with Gasteiger partial charge in [-0.3, -0.25) is 9.67 Å². The molecule has 22 heavy (non-hydrogen) atoms. The minimum atomic E-state index is -3.64. The highest BCUT2D eigenvalue weighted by atomic mass is 32.2. The van der Waals surface area contributed by atoms with Crippen LogP contribution in [0.15, 0.2) is 41.7 Å². The van der Waals surface area contributed by atoms with Crippen molar-refractivity contribution in [1.82, 2.24) is 19.5 Å². The second kappa shape index (κ2) is 6.58. The van der Waals surface area contributed by atoms with Crippen LogP contribution in [0.5, 0.6) is 0 Å². The highest BCUT2D eigenvalue weighted by Crippen LogP contribution is 2.22. The van der Waals surface area contributed by atoms with E-state index in [9.17, 15) is 8.42 Å². The molecular formula is C15H22N4O2S. The number of pyridine rings is 1. The summed E-state index contributed by atoms with van der Waals surface area (Å²) >= 11 is 0. The standard InChI is InChI=1S/C15H22N4O2S/c1-11(2)15(14-7-5-6-8-16-14)18-22(20,21)13-9-17-19(10-13)12(3)4/h5-12,15,18H,1-4H3. The van der Waals surface area contributed by atoms with Gasteiger partial charge < -0.3 is 0 Å². The SMILES string of the molecule is CC(C)C(NS(=O)(=O)c1cnn(C(C)C)c1)c1ccccn1. The van der Waals surface area contributed by atoms with Crippen molar-refractivity contribution in [3.05, 3.63) is 42.5 Å². The van der Waals surface area contributed by atoms with Crippen LogP contribution in [0.4, 0.5) is 0 Å². The molecule has 0 radical (unpaired) electrons. The predicted molar refractivity (Wildman–Crippen MR) is 84.7 cm³/mol. The minimum Gasteiger partial charge on any atom is -0.269 e. The molecule has 0 saturated carbocycles. The average Bonchev–Trinajstić information content (AvgIpc) is 2.96. The van der Waals surface area contributed by atoms with Crippen molar-refractivity contribution in [2.45, 2.75) is 44.7 Å². The molecule has 2 heterocycles.